The summed E-state index contributed by atoms with van der Waals surface area (Å²) >= 11 is 0. The molecule has 27 heteroatoms. The molecule has 2 fully saturated rings. The third-order valence-electron chi connectivity index (χ3n) is 6.23. The topological polar surface area (TPSA) is 338 Å². The number of nitrogens with zero attached hydrogens (tertiary/aromatic N) is 4. The minimum Gasteiger partial charge on any atom is -0.790 e. The maximum absolute atomic E-state index is 12.8. The van der Waals surface area contributed by atoms with Gasteiger partial charge in [0.15, 0.2) is 18.6 Å². The number of nitrogens with two attached hydrogens (primary N) is 2. The second-order valence-electron chi connectivity index (χ2n) is 9.29. The predicted molar refractivity (Wildman–Crippen MR) is 133 cm³/mol. The van der Waals surface area contributed by atoms with E-state index in [1.165, 1.54) is 6.07 Å². The molecule has 2 saturated heterocycles. The molecule has 2 aliphatic rings. The zero-order valence-corrected chi connectivity index (χ0v) is 33.1. The zero-order valence-electron chi connectivity index (χ0n) is 25.3. The maximum Gasteiger partial charge on any atom is 1.00 e. The van der Waals surface area contributed by atoms with Crippen LogP contribution in [0.25, 0.3) is 0 Å². The first-order valence-corrected chi connectivity index (χ1v) is 15.2. The predicted octanol–water partition coefficient (Wildman–Crippen LogP) is -14.2. The molecule has 0 bridgehead atoms. The van der Waals surface area contributed by atoms with Crippen LogP contribution in [0.2, 0.25) is 0 Å². The first kappa shape index (κ1) is 44.9. The van der Waals surface area contributed by atoms with Crippen LogP contribution in [0.4, 0.5) is 11.6 Å². The van der Waals surface area contributed by atoms with Gasteiger partial charge in [-0.3, -0.25) is 18.5 Å². The summed E-state index contributed by atoms with van der Waals surface area (Å²) in [6, 6.07) is 2.30. The molecule has 2 aliphatic heterocycles. The molecule has 0 aromatic carbocycles. The van der Waals surface area contributed by atoms with Crippen LogP contribution in [0.3, 0.4) is 0 Å². The van der Waals surface area contributed by atoms with Gasteiger partial charge in [0.25, 0.3) is 7.82 Å². The maximum atomic E-state index is 12.8. The molecule has 22 nitrogen and oxygen atoms in total. The summed E-state index contributed by atoms with van der Waals surface area (Å²) in [6.07, 6.45) is -12.1. The molecule has 0 aliphatic carbocycles. The molecule has 244 valence electrons. The number of nitrogen functional groups attached to an aromatic ring is 2. The van der Waals surface area contributed by atoms with E-state index in [1.807, 2.05) is 0 Å². The van der Waals surface area contributed by atoms with Gasteiger partial charge < -0.3 is 68.7 Å². The van der Waals surface area contributed by atoms with Gasteiger partial charge in [0.05, 0.1) is 21.0 Å². The summed E-state index contributed by atoms with van der Waals surface area (Å²) in [5.74, 6) is -1.44. The van der Waals surface area contributed by atoms with Crippen molar-refractivity contribution in [3.63, 3.8) is 0 Å². The Balaban J connectivity index is 0.00000368. The minimum absolute atomic E-state index is 0. The van der Waals surface area contributed by atoms with Gasteiger partial charge in [0, 0.05) is 19.3 Å². The number of aromatic nitrogens is 4. The van der Waals surface area contributed by atoms with E-state index in [2.05, 4.69) is 14.5 Å². The summed E-state index contributed by atoms with van der Waals surface area (Å²) in [6.45, 7) is -1.08. The van der Waals surface area contributed by atoms with Gasteiger partial charge in [0.1, 0.15) is 42.2 Å². The Bertz CT molecular complexity index is 1600. The van der Waals surface area contributed by atoms with E-state index >= 15 is 0 Å². The Morgan fingerprint density at radius 3 is 1.89 bits per heavy atom. The molecule has 9 atom stereocenters. The number of aliphatic hydroxyl groups is 2. The van der Waals surface area contributed by atoms with Crippen LogP contribution in [-0.2, 0) is 41.7 Å². The van der Waals surface area contributed by atoms with Crippen LogP contribution in [0, 0.1) is 0 Å². The Morgan fingerprint density at radius 2 is 1.43 bits per heavy atom. The number of esters is 1. The number of ether oxygens (including phenoxy) is 3. The van der Waals surface area contributed by atoms with Gasteiger partial charge in [-0.05, 0) is 12.1 Å². The van der Waals surface area contributed by atoms with Gasteiger partial charge in [-0.2, -0.15) is 9.97 Å². The molecule has 2 aromatic heterocycles. The Labute approximate surface area is 330 Å². The second kappa shape index (κ2) is 18.4. The van der Waals surface area contributed by atoms with E-state index in [4.69, 9.17) is 34.7 Å². The third kappa shape index (κ3) is 11.4. The summed E-state index contributed by atoms with van der Waals surface area (Å²) in [4.78, 5) is 79.1. The number of phosphoric ester groups is 2. The van der Waals surface area contributed by atoms with E-state index in [0.29, 0.717) is 4.57 Å². The number of hydrogen-bond acceptors (Lipinski definition) is 20. The standard InChI is InChI=1S/C20H28N6O16P2.3Na/c1-8(28)38-15-10(40-18(16(15)41-43(32,33)34)26-5-3-12(22)24-20(26)31)7-37-44(35,36)42-14-9(6-27)39-17(13(14)29)25-4-2-11(21)23-19(25)30;;;/h2-5,9-10,13-18,27,29H,6-7H2,1H3,(H,35,36)(H2,21,23,30)(H2,22,24,31)(H2,32,33,34);;;/q;3*+1/p-3/t9-,10-,13-,14-,15-,16-,17-,18-;;;/m1.../s1. The van der Waals surface area contributed by atoms with Crippen LogP contribution in [0.15, 0.2) is 34.1 Å². The number of phosphoric acid groups is 2. The monoisotopic (exact) mass is 736 g/mol. The van der Waals surface area contributed by atoms with Crippen molar-refractivity contribution < 1.29 is 155 Å². The number of carbonyl (C=O) groups is 1. The Kier molecular flexibility index (Phi) is 17.6. The molecule has 0 amide bonds. The van der Waals surface area contributed by atoms with E-state index in [9.17, 15) is 48.4 Å². The van der Waals surface area contributed by atoms with Crippen LogP contribution < -0.4 is 126 Å². The molecular formula is C20H25N6Na3O16P2. The van der Waals surface area contributed by atoms with Crippen molar-refractivity contribution in [1.29, 1.82) is 0 Å². The first-order valence-electron chi connectivity index (χ1n) is 12.3. The number of rotatable bonds is 11. The fraction of sp³-hybridized carbons (Fsp3) is 0.550. The Hall–Kier alpha value is -0.110. The average Bonchev–Trinajstić information content (AvgIpc) is 3.38. The molecule has 4 heterocycles. The van der Waals surface area contributed by atoms with Crippen molar-refractivity contribution in [2.24, 2.45) is 0 Å². The van der Waals surface area contributed by atoms with Gasteiger partial charge in [0.2, 0.25) is 0 Å². The molecular weight excluding hydrogens is 711 g/mol. The van der Waals surface area contributed by atoms with Crippen molar-refractivity contribution in [2.45, 2.75) is 56.0 Å². The van der Waals surface area contributed by atoms with Crippen molar-refractivity contribution in [2.75, 3.05) is 24.7 Å². The van der Waals surface area contributed by atoms with Crippen LogP contribution in [-0.4, -0.2) is 85.1 Å². The van der Waals surface area contributed by atoms with Crippen molar-refractivity contribution in [3.8, 4) is 0 Å². The van der Waals surface area contributed by atoms with Crippen molar-refractivity contribution in [3.05, 3.63) is 45.5 Å². The molecule has 4 rings (SSSR count). The summed E-state index contributed by atoms with van der Waals surface area (Å²) in [5.41, 5.74) is 8.82. The molecule has 47 heavy (non-hydrogen) atoms. The summed E-state index contributed by atoms with van der Waals surface area (Å²) in [7, 11) is -11.4. The van der Waals surface area contributed by atoms with Crippen molar-refractivity contribution in [1.82, 2.24) is 19.1 Å². The van der Waals surface area contributed by atoms with Crippen LogP contribution in [0.1, 0.15) is 19.4 Å². The summed E-state index contributed by atoms with van der Waals surface area (Å²) in [5, 5.41) is 20.4. The van der Waals surface area contributed by atoms with Gasteiger partial charge >= 0.3 is 106 Å². The average molecular weight is 736 g/mol. The molecule has 2 aromatic rings. The number of carbonyl (C=O) groups excluding carboxylic acids is 1. The third-order valence-corrected chi connectivity index (χ3v) is 7.70. The van der Waals surface area contributed by atoms with E-state index in [0.717, 1.165) is 30.0 Å². The first-order chi connectivity index (χ1) is 20.5. The molecule has 0 saturated carbocycles. The van der Waals surface area contributed by atoms with Crippen LogP contribution in [0.5, 0.6) is 0 Å². The second-order valence-corrected chi connectivity index (χ2v) is 11.8. The molecule has 0 spiro atoms. The molecule has 1 unspecified atom stereocenters. The Morgan fingerprint density at radius 1 is 0.915 bits per heavy atom. The zero-order chi connectivity index (χ0) is 32.6. The van der Waals surface area contributed by atoms with E-state index in [-0.39, 0.29) is 100 Å². The van der Waals surface area contributed by atoms with Gasteiger partial charge in [-0.25, -0.2) is 9.59 Å². The number of anilines is 2. The summed E-state index contributed by atoms with van der Waals surface area (Å²) < 4.78 is 56.0. The minimum atomic E-state index is -5.85. The van der Waals surface area contributed by atoms with Gasteiger partial charge in [-0.15, -0.1) is 0 Å². The number of aliphatic hydroxyl groups excluding tert-OH is 2. The van der Waals surface area contributed by atoms with Gasteiger partial charge in [-0.1, -0.05) is 0 Å². The largest absolute Gasteiger partial charge is 1.00 e. The normalized spacial score (nSPS) is 28.3. The fourth-order valence-electron chi connectivity index (χ4n) is 4.47. The number of hydrogen-bond donors (Lipinski definition) is 4. The van der Waals surface area contributed by atoms with E-state index < -0.39 is 95.3 Å². The molecule has 6 N–H and O–H groups in total. The smallest absolute Gasteiger partial charge is 0.790 e. The van der Waals surface area contributed by atoms with Crippen LogP contribution >= 0.6 is 15.6 Å². The van der Waals surface area contributed by atoms with E-state index in [1.54, 1.807) is 0 Å². The quantitative estimate of drug-likeness (QED) is 0.0945. The SMILES string of the molecule is CC(=O)O[C@H]1[C@@H](OP(=O)([O-])[O-])[C@H](n2ccc(N)nc2=O)O[C@@H]1COP(=O)([O-])O[C@H]1[C@@H](O)[C@H](n2ccc(N)nc2=O)O[C@@H]1CO.[Na+].[Na+].[Na+]. The fourth-order valence-corrected chi connectivity index (χ4v) is 5.94. The van der Waals surface area contributed by atoms with Crippen molar-refractivity contribution >= 4 is 33.3 Å². The molecule has 0 radical (unpaired) electrons.